The van der Waals surface area contributed by atoms with E-state index in [0.29, 0.717) is 18.7 Å². The Morgan fingerprint density at radius 1 is 1.50 bits per heavy atom. The number of halogens is 1. The van der Waals surface area contributed by atoms with Crippen molar-refractivity contribution in [2.24, 2.45) is 0 Å². The number of carbonyl (C=O) groups excluding carboxylic acids is 1. The standard InChI is InChI=1S/C14H19FN2O4S/c1-21-7-6-17(13-5-8-22(19,20)10-13)14(18)16-12-4-2-3-11(15)9-12/h2-4,9,13H,5-8,10H2,1H3,(H,16,18). The summed E-state index contributed by atoms with van der Waals surface area (Å²) in [6, 6.07) is 4.71. The summed E-state index contributed by atoms with van der Waals surface area (Å²) in [5, 5.41) is 2.59. The van der Waals surface area contributed by atoms with Crippen molar-refractivity contribution in [2.75, 3.05) is 37.1 Å². The predicted molar refractivity (Wildman–Crippen MR) is 81.1 cm³/mol. The highest BCUT2D eigenvalue weighted by molar-refractivity contribution is 7.91. The molecule has 22 heavy (non-hydrogen) atoms. The van der Waals surface area contributed by atoms with Crippen molar-refractivity contribution in [2.45, 2.75) is 12.5 Å². The molecular weight excluding hydrogens is 311 g/mol. The molecule has 1 fully saturated rings. The Bertz CT molecular complexity index is 635. The first-order valence-electron chi connectivity index (χ1n) is 6.94. The molecule has 2 rings (SSSR count). The third-order valence-electron chi connectivity index (χ3n) is 3.52. The first kappa shape index (κ1) is 16.7. The fourth-order valence-electron chi connectivity index (χ4n) is 2.42. The summed E-state index contributed by atoms with van der Waals surface area (Å²) in [5.41, 5.74) is 0.327. The third kappa shape index (κ3) is 4.41. The maximum atomic E-state index is 13.2. The fourth-order valence-corrected chi connectivity index (χ4v) is 4.15. The zero-order valence-corrected chi connectivity index (χ0v) is 13.1. The lowest BCUT2D eigenvalue weighted by molar-refractivity contribution is 0.140. The number of ether oxygens (including phenoxy) is 1. The zero-order chi connectivity index (χ0) is 16.2. The van der Waals surface area contributed by atoms with Crippen LogP contribution in [-0.4, -0.2) is 57.2 Å². The Labute approximate surface area is 129 Å². The SMILES string of the molecule is COCCN(C(=O)Nc1cccc(F)c1)C1CCS(=O)(=O)C1. The highest BCUT2D eigenvalue weighted by Crippen LogP contribution is 2.19. The van der Waals surface area contributed by atoms with Crippen LogP contribution >= 0.6 is 0 Å². The molecule has 6 nitrogen and oxygen atoms in total. The molecule has 0 bridgehead atoms. The second-order valence-electron chi connectivity index (χ2n) is 5.18. The largest absolute Gasteiger partial charge is 0.383 e. The van der Waals surface area contributed by atoms with Gasteiger partial charge in [0.2, 0.25) is 0 Å². The van der Waals surface area contributed by atoms with E-state index in [2.05, 4.69) is 5.32 Å². The number of sulfone groups is 1. The van der Waals surface area contributed by atoms with E-state index in [1.54, 1.807) is 6.07 Å². The van der Waals surface area contributed by atoms with Gasteiger partial charge in [0.1, 0.15) is 5.82 Å². The van der Waals surface area contributed by atoms with Crippen molar-refractivity contribution in [3.05, 3.63) is 30.1 Å². The number of rotatable bonds is 5. The molecule has 1 N–H and O–H groups in total. The number of amides is 2. The molecule has 0 aromatic heterocycles. The normalized spacial score (nSPS) is 19.8. The number of hydrogen-bond donors (Lipinski definition) is 1. The monoisotopic (exact) mass is 330 g/mol. The fraction of sp³-hybridized carbons (Fsp3) is 0.500. The van der Waals surface area contributed by atoms with Gasteiger partial charge in [-0.2, -0.15) is 0 Å². The Balaban J connectivity index is 2.09. The Hall–Kier alpha value is -1.67. The van der Waals surface area contributed by atoms with Crippen molar-refractivity contribution in [3.8, 4) is 0 Å². The average Bonchev–Trinajstić information content (AvgIpc) is 2.79. The minimum atomic E-state index is -3.10. The molecule has 0 spiro atoms. The second-order valence-corrected chi connectivity index (χ2v) is 7.41. The predicted octanol–water partition coefficient (Wildman–Crippen LogP) is 1.49. The van der Waals surface area contributed by atoms with Crippen LogP contribution in [-0.2, 0) is 14.6 Å². The van der Waals surface area contributed by atoms with Crippen LogP contribution in [0.25, 0.3) is 0 Å². The quantitative estimate of drug-likeness (QED) is 0.887. The van der Waals surface area contributed by atoms with Crippen LogP contribution in [0.4, 0.5) is 14.9 Å². The van der Waals surface area contributed by atoms with E-state index < -0.39 is 21.7 Å². The molecule has 0 aliphatic carbocycles. The maximum Gasteiger partial charge on any atom is 0.322 e. The lowest BCUT2D eigenvalue weighted by Crippen LogP contribution is -2.45. The van der Waals surface area contributed by atoms with Crippen molar-refractivity contribution in [1.29, 1.82) is 0 Å². The van der Waals surface area contributed by atoms with Crippen molar-refractivity contribution in [1.82, 2.24) is 4.90 Å². The van der Waals surface area contributed by atoms with Gasteiger partial charge in [-0.15, -0.1) is 0 Å². The molecule has 1 saturated heterocycles. The van der Waals surface area contributed by atoms with Gasteiger partial charge in [0.25, 0.3) is 0 Å². The van der Waals surface area contributed by atoms with Gasteiger partial charge >= 0.3 is 6.03 Å². The van der Waals surface area contributed by atoms with Crippen LogP contribution in [0, 0.1) is 5.82 Å². The van der Waals surface area contributed by atoms with Crippen molar-refractivity contribution >= 4 is 21.6 Å². The lowest BCUT2D eigenvalue weighted by Gasteiger charge is -2.28. The molecule has 1 aliphatic rings. The Morgan fingerprint density at radius 3 is 2.86 bits per heavy atom. The van der Waals surface area contributed by atoms with E-state index in [4.69, 9.17) is 4.74 Å². The molecule has 122 valence electrons. The Kier molecular flexibility index (Phi) is 5.36. The van der Waals surface area contributed by atoms with Gasteiger partial charge in [-0.1, -0.05) is 6.07 Å². The van der Waals surface area contributed by atoms with Crippen LogP contribution in [0.3, 0.4) is 0 Å². The van der Waals surface area contributed by atoms with E-state index >= 15 is 0 Å². The highest BCUT2D eigenvalue weighted by Gasteiger charge is 2.34. The second kappa shape index (κ2) is 7.06. The summed E-state index contributed by atoms with van der Waals surface area (Å²) in [4.78, 5) is 13.8. The van der Waals surface area contributed by atoms with E-state index in [-0.39, 0.29) is 24.1 Å². The van der Waals surface area contributed by atoms with Gasteiger partial charge in [0.05, 0.1) is 18.1 Å². The van der Waals surface area contributed by atoms with Gasteiger partial charge in [-0.25, -0.2) is 17.6 Å². The van der Waals surface area contributed by atoms with Gasteiger partial charge in [0.15, 0.2) is 9.84 Å². The van der Waals surface area contributed by atoms with Crippen LogP contribution in [0.2, 0.25) is 0 Å². The topological polar surface area (TPSA) is 75.7 Å². The summed E-state index contributed by atoms with van der Waals surface area (Å²) in [5.74, 6) is -0.425. The van der Waals surface area contributed by atoms with Gasteiger partial charge in [0, 0.05) is 25.4 Å². The molecule has 1 heterocycles. The van der Waals surface area contributed by atoms with Crippen molar-refractivity contribution in [3.63, 3.8) is 0 Å². The molecule has 0 radical (unpaired) electrons. The molecule has 1 aliphatic heterocycles. The zero-order valence-electron chi connectivity index (χ0n) is 12.3. The number of benzene rings is 1. The molecular formula is C14H19FN2O4S. The van der Waals surface area contributed by atoms with Gasteiger partial charge in [-0.05, 0) is 24.6 Å². The molecule has 1 atom stereocenters. The van der Waals surface area contributed by atoms with E-state index in [9.17, 15) is 17.6 Å². The first-order valence-corrected chi connectivity index (χ1v) is 8.76. The lowest BCUT2D eigenvalue weighted by atomic mass is 10.2. The van der Waals surface area contributed by atoms with Crippen LogP contribution in [0.15, 0.2) is 24.3 Å². The smallest absolute Gasteiger partial charge is 0.322 e. The minimum absolute atomic E-state index is 0.0483. The minimum Gasteiger partial charge on any atom is -0.383 e. The molecule has 1 unspecified atom stereocenters. The summed E-state index contributed by atoms with van der Waals surface area (Å²) >= 11 is 0. The number of urea groups is 1. The number of hydrogen-bond acceptors (Lipinski definition) is 4. The molecule has 8 heteroatoms. The van der Waals surface area contributed by atoms with Crippen LogP contribution in [0.5, 0.6) is 0 Å². The number of anilines is 1. The van der Waals surface area contributed by atoms with E-state index in [1.165, 1.54) is 30.2 Å². The number of carbonyl (C=O) groups is 1. The summed E-state index contributed by atoms with van der Waals surface area (Å²) in [6.07, 6.45) is 0.405. The average molecular weight is 330 g/mol. The number of methoxy groups -OCH3 is 1. The summed E-state index contributed by atoms with van der Waals surface area (Å²) < 4.78 is 41.3. The number of nitrogens with one attached hydrogen (secondary N) is 1. The van der Waals surface area contributed by atoms with Crippen LogP contribution in [0.1, 0.15) is 6.42 Å². The molecule has 2 amide bonds. The summed E-state index contributed by atoms with van der Waals surface area (Å²) in [6.45, 7) is 0.574. The van der Waals surface area contributed by atoms with Gasteiger partial charge < -0.3 is 15.0 Å². The first-order chi connectivity index (χ1) is 10.4. The van der Waals surface area contributed by atoms with Crippen molar-refractivity contribution < 1.29 is 22.3 Å². The highest BCUT2D eigenvalue weighted by atomic mass is 32.2. The Morgan fingerprint density at radius 2 is 2.27 bits per heavy atom. The summed E-state index contributed by atoms with van der Waals surface area (Å²) in [7, 11) is -1.59. The van der Waals surface area contributed by atoms with Gasteiger partial charge in [-0.3, -0.25) is 0 Å². The van der Waals surface area contributed by atoms with E-state index in [0.717, 1.165) is 0 Å². The molecule has 1 aromatic rings. The molecule has 0 saturated carbocycles. The maximum absolute atomic E-state index is 13.2. The third-order valence-corrected chi connectivity index (χ3v) is 5.27. The molecule has 1 aromatic carbocycles. The number of nitrogens with zero attached hydrogens (tertiary/aromatic N) is 1. The van der Waals surface area contributed by atoms with E-state index in [1.807, 2.05) is 0 Å². The van der Waals surface area contributed by atoms with Crippen LogP contribution < -0.4 is 5.32 Å².